The second-order valence-corrected chi connectivity index (χ2v) is 14.8. The summed E-state index contributed by atoms with van der Waals surface area (Å²) in [5.41, 5.74) is 11.7. The number of pyridine rings is 1. The predicted molar refractivity (Wildman–Crippen MR) is 225 cm³/mol. The number of hydrogen-bond donors (Lipinski definition) is 0. The van der Waals surface area contributed by atoms with Crippen LogP contribution in [0.2, 0.25) is 0 Å². The summed E-state index contributed by atoms with van der Waals surface area (Å²) in [4.78, 5) is 15.0. The summed E-state index contributed by atoms with van der Waals surface area (Å²) in [6, 6.07) is 56.5. The van der Waals surface area contributed by atoms with Crippen molar-refractivity contribution in [2.24, 2.45) is 0 Å². The molecule has 0 saturated carbocycles. The topological polar surface area (TPSA) is 47.5 Å². The molecule has 0 spiro atoms. The van der Waals surface area contributed by atoms with E-state index in [9.17, 15) is 0 Å². The summed E-state index contributed by atoms with van der Waals surface area (Å²) in [6.07, 6.45) is 3.23. The van der Waals surface area contributed by atoms with Crippen LogP contribution in [0.5, 0.6) is 0 Å². The SMILES string of the molecule is CCC1c2ccc(-n3c4ccccc4c4cc(-c5nc(-c6ccccc6)nc(-c6ccccc6)n5)ccc43)cc2-c2ccc3ccccc3[n+]2C1(CC)CC. The maximum absolute atomic E-state index is 5.05. The highest BCUT2D eigenvalue weighted by molar-refractivity contribution is 6.10. The highest BCUT2D eigenvalue weighted by atomic mass is 15.1. The molecule has 0 fully saturated rings. The van der Waals surface area contributed by atoms with Gasteiger partial charge in [-0.25, -0.2) is 15.0 Å². The Morgan fingerprint density at radius 3 is 1.85 bits per heavy atom. The normalized spacial score (nSPS) is 14.6. The molecule has 5 nitrogen and oxygen atoms in total. The summed E-state index contributed by atoms with van der Waals surface area (Å²) >= 11 is 0. The van der Waals surface area contributed by atoms with E-state index in [1.54, 1.807) is 0 Å². The molecule has 1 aliphatic rings. The number of hydrogen-bond acceptors (Lipinski definition) is 3. The van der Waals surface area contributed by atoms with Gasteiger partial charge in [-0.3, -0.25) is 0 Å². The summed E-state index contributed by atoms with van der Waals surface area (Å²) in [5, 5.41) is 3.65. The first-order valence-electron chi connectivity index (χ1n) is 19.6. The number of nitrogens with zero attached hydrogens (tertiary/aromatic N) is 5. The van der Waals surface area contributed by atoms with Crippen molar-refractivity contribution in [3.63, 3.8) is 0 Å². The van der Waals surface area contributed by atoms with Crippen LogP contribution in [0.3, 0.4) is 0 Å². The van der Waals surface area contributed by atoms with Crippen LogP contribution in [-0.4, -0.2) is 19.5 Å². The third kappa shape index (κ3) is 5.14. The molecule has 266 valence electrons. The molecule has 55 heavy (non-hydrogen) atoms. The second-order valence-electron chi connectivity index (χ2n) is 14.8. The van der Waals surface area contributed by atoms with E-state index in [4.69, 9.17) is 15.0 Å². The zero-order valence-corrected chi connectivity index (χ0v) is 31.4. The quantitative estimate of drug-likeness (QED) is 0.155. The summed E-state index contributed by atoms with van der Waals surface area (Å²) in [6.45, 7) is 7.11. The third-order valence-corrected chi connectivity index (χ3v) is 12.1. The van der Waals surface area contributed by atoms with Crippen LogP contribution < -0.4 is 4.57 Å². The first-order valence-corrected chi connectivity index (χ1v) is 19.6. The maximum atomic E-state index is 5.05. The Bertz CT molecular complexity index is 2830. The Balaban J connectivity index is 1.17. The molecule has 6 aromatic carbocycles. The molecule has 9 aromatic rings. The molecule has 10 rings (SSSR count). The minimum absolute atomic E-state index is 0.00150. The van der Waals surface area contributed by atoms with E-state index in [0.29, 0.717) is 23.4 Å². The fourth-order valence-electron chi connectivity index (χ4n) is 9.54. The molecule has 1 atom stereocenters. The molecule has 0 bridgehead atoms. The van der Waals surface area contributed by atoms with Crippen LogP contribution >= 0.6 is 0 Å². The van der Waals surface area contributed by atoms with Gasteiger partial charge in [0, 0.05) is 69.4 Å². The Morgan fingerprint density at radius 1 is 0.545 bits per heavy atom. The second kappa shape index (κ2) is 13.1. The van der Waals surface area contributed by atoms with Crippen LogP contribution in [0.25, 0.3) is 83.8 Å². The molecule has 0 aliphatic carbocycles. The van der Waals surface area contributed by atoms with Gasteiger partial charge < -0.3 is 4.57 Å². The molecule has 1 aliphatic heterocycles. The van der Waals surface area contributed by atoms with Crippen LogP contribution in [0.1, 0.15) is 51.5 Å². The Kier molecular flexibility index (Phi) is 7.91. The average molecular weight is 713 g/mol. The molecule has 4 heterocycles. The van der Waals surface area contributed by atoms with Gasteiger partial charge in [-0.05, 0) is 60.5 Å². The fourth-order valence-corrected chi connectivity index (χ4v) is 9.54. The zero-order chi connectivity index (χ0) is 37.1. The Hall–Kier alpha value is -6.46. The van der Waals surface area contributed by atoms with Crippen molar-refractivity contribution in [1.82, 2.24) is 19.5 Å². The van der Waals surface area contributed by atoms with E-state index in [0.717, 1.165) is 52.5 Å². The number of benzene rings is 6. The van der Waals surface area contributed by atoms with Crippen LogP contribution in [-0.2, 0) is 5.54 Å². The minimum Gasteiger partial charge on any atom is -0.309 e. The standard InChI is InChI=1S/C50H42N5/c1-4-42-38-28-27-37(32-41(38)46-30-25-33-17-13-15-23-43(33)55(46)50(42,5-2)6-3)54-44-24-16-14-22-39(44)40-31-36(26-29-45(40)54)49-52-47(34-18-9-7-10-19-34)51-48(53-49)35-20-11-8-12-21-35/h7-32,42H,4-6H2,1-3H3/q+1. The highest BCUT2D eigenvalue weighted by Crippen LogP contribution is 2.48. The fraction of sp³-hybridized carbons (Fsp3) is 0.160. The van der Waals surface area contributed by atoms with E-state index in [1.165, 1.54) is 38.6 Å². The zero-order valence-electron chi connectivity index (χ0n) is 31.4. The summed E-state index contributed by atoms with van der Waals surface area (Å²) < 4.78 is 5.13. The molecule has 0 saturated heterocycles. The average Bonchev–Trinajstić information content (AvgIpc) is 3.59. The van der Waals surface area contributed by atoms with Crippen molar-refractivity contribution in [3.8, 4) is 51.1 Å². The van der Waals surface area contributed by atoms with Crippen LogP contribution in [0, 0.1) is 0 Å². The molecular weight excluding hydrogens is 671 g/mol. The van der Waals surface area contributed by atoms with E-state index in [1.807, 2.05) is 36.4 Å². The lowest BCUT2D eigenvalue weighted by molar-refractivity contribution is -0.740. The van der Waals surface area contributed by atoms with E-state index >= 15 is 0 Å². The monoisotopic (exact) mass is 712 g/mol. The van der Waals surface area contributed by atoms with E-state index in [2.05, 4.69) is 151 Å². The number of fused-ring (bicyclic) bond motifs is 8. The molecule has 5 heteroatoms. The first kappa shape index (κ1) is 33.1. The Labute approximate surface area is 321 Å². The number of para-hydroxylation sites is 2. The van der Waals surface area contributed by atoms with Gasteiger partial charge in [0.2, 0.25) is 11.2 Å². The van der Waals surface area contributed by atoms with Crippen LogP contribution in [0.15, 0.2) is 158 Å². The lowest BCUT2D eigenvalue weighted by atomic mass is 9.69. The lowest BCUT2D eigenvalue weighted by Crippen LogP contribution is -2.62. The minimum atomic E-state index is -0.00150. The smallest absolute Gasteiger partial charge is 0.213 e. The number of aromatic nitrogens is 5. The van der Waals surface area contributed by atoms with Gasteiger partial charge in [0.15, 0.2) is 23.0 Å². The molecule has 0 N–H and O–H groups in total. The van der Waals surface area contributed by atoms with Crippen molar-refractivity contribution >= 4 is 32.7 Å². The van der Waals surface area contributed by atoms with E-state index in [-0.39, 0.29) is 5.54 Å². The Morgan fingerprint density at radius 2 is 1.16 bits per heavy atom. The van der Waals surface area contributed by atoms with Gasteiger partial charge in [0.25, 0.3) is 0 Å². The van der Waals surface area contributed by atoms with E-state index < -0.39 is 0 Å². The van der Waals surface area contributed by atoms with Gasteiger partial charge in [0.1, 0.15) is 0 Å². The van der Waals surface area contributed by atoms with Crippen molar-refractivity contribution in [2.75, 3.05) is 0 Å². The predicted octanol–water partition coefficient (Wildman–Crippen LogP) is 12.1. The van der Waals surface area contributed by atoms with Crippen molar-refractivity contribution < 1.29 is 4.57 Å². The molecule has 0 amide bonds. The van der Waals surface area contributed by atoms with Crippen molar-refractivity contribution in [3.05, 3.63) is 163 Å². The number of rotatable bonds is 7. The molecule has 1 unspecified atom stereocenters. The summed E-state index contributed by atoms with van der Waals surface area (Å²) in [7, 11) is 0. The van der Waals surface area contributed by atoms with Crippen LogP contribution in [0.4, 0.5) is 0 Å². The van der Waals surface area contributed by atoms with Crippen molar-refractivity contribution in [1.29, 1.82) is 0 Å². The van der Waals surface area contributed by atoms with Gasteiger partial charge in [-0.1, -0.05) is 118 Å². The molecule has 3 aromatic heterocycles. The maximum Gasteiger partial charge on any atom is 0.213 e. The van der Waals surface area contributed by atoms with Gasteiger partial charge in [-0.2, -0.15) is 4.57 Å². The molecule has 0 radical (unpaired) electrons. The lowest BCUT2D eigenvalue weighted by Gasteiger charge is -2.40. The third-order valence-electron chi connectivity index (χ3n) is 12.1. The van der Waals surface area contributed by atoms with Gasteiger partial charge in [-0.15, -0.1) is 0 Å². The first-order chi connectivity index (χ1) is 27.1. The largest absolute Gasteiger partial charge is 0.309 e. The molecular formula is C50H42N5+. The van der Waals surface area contributed by atoms with Crippen molar-refractivity contribution in [2.45, 2.75) is 51.5 Å². The van der Waals surface area contributed by atoms with Gasteiger partial charge in [0.05, 0.1) is 16.6 Å². The van der Waals surface area contributed by atoms with Gasteiger partial charge >= 0.3 is 0 Å². The highest BCUT2D eigenvalue weighted by Gasteiger charge is 2.51. The summed E-state index contributed by atoms with van der Waals surface area (Å²) in [5.74, 6) is 2.37.